The number of nitrogens with zero attached hydrogens (tertiary/aromatic N) is 5. The molecule has 1 amide bonds. The van der Waals surface area contributed by atoms with Gasteiger partial charge in [-0.2, -0.15) is 10.2 Å². The summed E-state index contributed by atoms with van der Waals surface area (Å²) in [6, 6.07) is 6.95. The summed E-state index contributed by atoms with van der Waals surface area (Å²) in [7, 11) is 0. The van der Waals surface area contributed by atoms with Gasteiger partial charge in [0.2, 0.25) is 5.91 Å². The van der Waals surface area contributed by atoms with Crippen LogP contribution in [0.3, 0.4) is 0 Å². The number of aryl methyl sites for hydroxylation is 1. The molecular weight excluding hydrogens is 407 g/mol. The number of carbonyl (C=O) groups excluding carboxylic acids is 1. The summed E-state index contributed by atoms with van der Waals surface area (Å²) in [5, 5.41) is 23.0. The Morgan fingerprint density at radius 3 is 2.61 bits per heavy atom. The summed E-state index contributed by atoms with van der Waals surface area (Å²) in [5.74, 6) is -0.0265. The van der Waals surface area contributed by atoms with Crippen molar-refractivity contribution in [3.63, 3.8) is 0 Å². The Bertz CT molecular complexity index is 1060. The number of nitro groups is 1. The van der Waals surface area contributed by atoms with Gasteiger partial charge in [-0.25, -0.2) is 0 Å². The highest BCUT2D eigenvalue weighted by Gasteiger charge is 2.22. The van der Waals surface area contributed by atoms with Crippen molar-refractivity contribution in [2.45, 2.75) is 26.9 Å². The van der Waals surface area contributed by atoms with Gasteiger partial charge >= 0.3 is 5.69 Å². The van der Waals surface area contributed by atoms with Crippen molar-refractivity contribution in [3.05, 3.63) is 67.6 Å². The molecule has 0 aliphatic rings. The topological polar surface area (TPSA) is 108 Å². The van der Waals surface area contributed by atoms with Gasteiger partial charge < -0.3 is 5.32 Å². The van der Waals surface area contributed by atoms with Crippen molar-refractivity contribution < 1.29 is 9.72 Å². The van der Waals surface area contributed by atoms with Crippen LogP contribution in [-0.2, 0) is 17.9 Å². The Morgan fingerprint density at radius 1 is 1.21 bits per heavy atom. The Balaban J connectivity index is 1.65. The van der Waals surface area contributed by atoms with E-state index < -0.39 is 4.92 Å². The largest absolute Gasteiger partial charge is 0.312 e. The number of benzene rings is 1. The lowest BCUT2D eigenvalue weighted by atomic mass is 10.2. The van der Waals surface area contributed by atoms with E-state index in [1.807, 2.05) is 6.07 Å². The summed E-state index contributed by atoms with van der Waals surface area (Å²) in [5.41, 5.74) is 1.41. The summed E-state index contributed by atoms with van der Waals surface area (Å²) >= 11 is 11.9. The van der Waals surface area contributed by atoms with E-state index in [-0.39, 0.29) is 23.8 Å². The van der Waals surface area contributed by atoms with Crippen LogP contribution in [-0.4, -0.2) is 30.4 Å². The van der Waals surface area contributed by atoms with Crippen LogP contribution in [0.2, 0.25) is 10.0 Å². The van der Waals surface area contributed by atoms with E-state index in [1.165, 1.54) is 11.6 Å². The number of nitrogens with one attached hydrogen (secondary N) is 1. The summed E-state index contributed by atoms with van der Waals surface area (Å²) in [6.07, 6.45) is 1.71. The predicted molar refractivity (Wildman–Crippen MR) is 105 cm³/mol. The molecule has 0 aliphatic carbocycles. The van der Waals surface area contributed by atoms with E-state index in [1.54, 1.807) is 36.0 Å². The van der Waals surface area contributed by atoms with Gasteiger partial charge in [0.25, 0.3) is 0 Å². The molecule has 0 radical (unpaired) electrons. The molecule has 0 spiro atoms. The minimum atomic E-state index is -0.503. The second-order valence-electron chi connectivity index (χ2n) is 6.13. The molecule has 0 fully saturated rings. The summed E-state index contributed by atoms with van der Waals surface area (Å²) in [4.78, 5) is 22.8. The van der Waals surface area contributed by atoms with E-state index in [4.69, 9.17) is 23.2 Å². The Hall–Kier alpha value is -2.91. The second-order valence-corrected chi connectivity index (χ2v) is 6.94. The van der Waals surface area contributed by atoms with E-state index in [9.17, 15) is 14.9 Å². The van der Waals surface area contributed by atoms with Crippen molar-refractivity contribution in [1.82, 2.24) is 19.6 Å². The van der Waals surface area contributed by atoms with Gasteiger partial charge in [-0.05, 0) is 31.5 Å². The highest BCUT2D eigenvalue weighted by Crippen LogP contribution is 2.23. The van der Waals surface area contributed by atoms with Gasteiger partial charge in [0.15, 0.2) is 5.82 Å². The molecule has 1 aromatic carbocycles. The van der Waals surface area contributed by atoms with Crippen LogP contribution < -0.4 is 5.32 Å². The molecule has 0 bridgehead atoms. The van der Waals surface area contributed by atoms with Crippen LogP contribution in [0.5, 0.6) is 0 Å². The van der Waals surface area contributed by atoms with Crippen LogP contribution in [0, 0.1) is 24.0 Å². The monoisotopic (exact) mass is 422 g/mol. The third kappa shape index (κ3) is 4.32. The molecule has 0 saturated carbocycles. The lowest BCUT2D eigenvalue weighted by Crippen LogP contribution is -2.20. The normalized spacial score (nSPS) is 10.9. The van der Waals surface area contributed by atoms with Crippen LogP contribution in [0.15, 0.2) is 30.5 Å². The predicted octanol–water partition coefficient (Wildman–Crippen LogP) is 3.60. The van der Waals surface area contributed by atoms with Crippen molar-refractivity contribution in [3.8, 4) is 0 Å². The highest BCUT2D eigenvalue weighted by molar-refractivity contribution is 6.42. The first-order valence-electron chi connectivity index (χ1n) is 8.20. The third-order valence-electron chi connectivity index (χ3n) is 4.06. The zero-order valence-corrected chi connectivity index (χ0v) is 16.5. The second kappa shape index (κ2) is 7.99. The van der Waals surface area contributed by atoms with Gasteiger partial charge in [0, 0.05) is 12.3 Å². The first-order chi connectivity index (χ1) is 13.2. The zero-order valence-electron chi connectivity index (χ0n) is 15.0. The Kier molecular flexibility index (Phi) is 5.66. The van der Waals surface area contributed by atoms with Crippen LogP contribution in [0.25, 0.3) is 0 Å². The number of rotatable bonds is 6. The number of hydrogen-bond acceptors (Lipinski definition) is 5. The quantitative estimate of drug-likeness (QED) is 0.482. The molecule has 3 rings (SSSR count). The number of amides is 1. The lowest BCUT2D eigenvalue weighted by Gasteiger charge is -2.05. The molecule has 0 aliphatic heterocycles. The smallest absolute Gasteiger partial charge is 0.308 e. The number of aromatic nitrogens is 4. The maximum atomic E-state index is 12.3. The van der Waals surface area contributed by atoms with Crippen molar-refractivity contribution >= 4 is 40.6 Å². The lowest BCUT2D eigenvalue weighted by molar-refractivity contribution is -0.386. The Morgan fingerprint density at radius 2 is 1.96 bits per heavy atom. The summed E-state index contributed by atoms with van der Waals surface area (Å²) < 4.78 is 2.94. The fraction of sp³-hybridized carbons (Fsp3) is 0.235. The molecule has 3 aromatic rings. The van der Waals surface area contributed by atoms with E-state index in [0.717, 1.165) is 5.56 Å². The molecule has 2 aromatic heterocycles. The molecule has 0 atom stereocenters. The molecule has 9 nitrogen and oxygen atoms in total. The molecule has 11 heteroatoms. The minimum absolute atomic E-state index is 0.0845. The van der Waals surface area contributed by atoms with Gasteiger partial charge in [-0.15, -0.1) is 0 Å². The maximum absolute atomic E-state index is 12.3. The van der Waals surface area contributed by atoms with Gasteiger partial charge in [0.1, 0.15) is 17.9 Å². The summed E-state index contributed by atoms with van der Waals surface area (Å²) in [6.45, 7) is 3.39. The van der Waals surface area contributed by atoms with Gasteiger partial charge in [-0.3, -0.25) is 24.3 Å². The molecule has 28 heavy (non-hydrogen) atoms. The fourth-order valence-corrected chi connectivity index (χ4v) is 3.09. The van der Waals surface area contributed by atoms with Gasteiger partial charge in [-0.1, -0.05) is 29.3 Å². The molecule has 1 N–H and O–H groups in total. The third-order valence-corrected chi connectivity index (χ3v) is 4.80. The first-order valence-corrected chi connectivity index (χ1v) is 8.96. The zero-order chi connectivity index (χ0) is 20.4. The molecule has 0 unspecified atom stereocenters. The van der Waals surface area contributed by atoms with Crippen molar-refractivity contribution in [1.29, 1.82) is 0 Å². The fourth-order valence-electron chi connectivity index (χ4n) is 2.77. The minimum Gasteiger partial charge on any atom is -0.308 e. The van der Waals surface area contributed by atoms with Crippen molar-refractivity contribution in [2.75, 3.05) is 5.32 Å². The van der Waals surface area contributed by atoms with Crippen LogP contribution >= 0.6 is 23.2 Å². The van der Waals surface area contributed by atoms with Gasteiger partial charge in [0.05, 0.1) is 21.5 Å². The Labute approximate surface area is 170 Å². The molecule has 0 saturated heterocycles. The average Bonchev–Trinajstić information content (AvgIpc) is 3.15. The molecule has 146 valence electrons. The number of halogens is 2. The average molecular weight is 423 g/mol. The number of carbonyl (C=O) groups is 1. The van der Waals surface area contributed by atoms with E-state index >= 15 is 0 Å². The maximum Gasteiger partial charge on any atom is 0.312 e. The number of anilines is 1. The standard InChI is InChI=1S/C17H16Cl2N6O3/c1-10-17(25(27)28)11(2)24(21-10)9-16(26)20-15-5-6-23(22-15)8-12-3-4-13(18)14(19)7-12/h3-7H,8-9H2,1-2H3,(H,20,22,26). The SMILES string of the molecule is Cc1nn(CC(=O)Nc2ccn(Cc3ccc(Cl)c(Cl)c3)n2)c(C)c1[N+](=O)[O-]. The highest BCUT2D eigenvalue weighted by atomic mass is 35.5. The van der Waals surface area contributed by atoms with Crippen LogP contribution in [0.1, 0.15) is 17.0 Å². The van der Waals surface area contributed by atoms with E-state index in [0.29, 0.717) is 28.1 Å². The molecule has 2 heterocycles. The molecular formula is C17H16Cl2N6O3. The number of hydrogen-bond donors (Lipinski definition) is 1. The van der Waals surface area contributed by atoms with Crippen LogP contribution in [0.4, 0.5) is 11.5 Å². The van der Waals surface area contributed by atoms with Crippen molar-refractivity contribution in [2.24, 2.45) is 0 Å². The van der Waals surface area contributed by atoms with E-state index in [2.05, 4.69) is 15.5 Å². The first kappa shape index (κ1) is 19.8.